The molecule has 8 nitrogen and oxygen atoms in total. The highest BCUT2D eigenvalue weighted by atomic mass is 19.1. The van der Waals surface area contributed by atoms with Gasteiger partial charge in [-0.15, -0.1) is 0 Å². The number of rotatable bonds is 4. The summed E-state index contributed by atoms with van der Waals surface area (Å²) in [5, 5.41) is 22.5. The predicted molar refractivity (Wildman–Crippen MR) is 72.1 cm³/mol. The van der Waals surface area contributed by atoms with Gasteiger partial charge in [-0.2, -0.15) is 5.10 Å². The number of aromatic nitrogens is 2. The van der Waals surface area contributed by atoms with E-state index in [-0.39, 0.29) is 23.0 Å². The molecule has 0 saturated heterocycles. The van der Waals surface area contributed by atoms with Gasteiger partial charge in [0.25, 0.3) is 0 Å². The van der Waals surface area contributed by atoms with Gasteiger partial charge in [0, 0.05) is 7.05 Å². The zero-order valence-corrected chi connectivity index (χ0v) is 11.3. The van der Waals surface area contributed by atoms with Gasteiger partial charge in [0.15, 0.2) is 0 Å². The van der Waals surface area contributed by atoms with Crippen LogP contribution in [0.15, 0.2) is 18.2 Å². The van der Waals surface area contributed by atoms with Crippen molar-refractivity contribution >= 4 is 11.5 Å². The van der Waals surface area contributed by atoms with Crippen molar-refractivity contribution in [2.45, 2.75) is 6.92 Å². The van der Waals surface area contributed by atoms with Gasteiger partial charge in [0.2, 0.25) is 11.6 Å². The first-order valence-electron chi connectivity index (χ1n) is 5.81. The fourth-order valence-electron chi connectivity index (χ4n) is 1.89. The summed E-state index contributed by atoms with van der Waals surface area (Å²) >= 11 is 0. The van der Waals surface area contributed by atoms with Crippen LogP contribution in [-0.2, 0) is 7.05 Å². The summed E-state index contributed by atoms with van der Waals surface area (Å²) in [4.78, 5) is 10.2. The summed E-state index contributed by atoms with van der Waals surface area (Å²) in [7, 11) is 1.55. The Labute approximate surface area is 118 Å². The Morgan fingerprint density at radius 1 is 1.57 bits per heavy atom. The standard InChI is InChI=1S/C12H12FN5O3/c1-6-10(11(14)15)12(17(2)16-6)21-9-4-3-7(13)5-8(9)18(19)20/h3-5H,1-2H3,(H3,14,15). The lowest BCUT2D eigenvalue weighted by Gasteiger charge is -2.08. The molecule has 0 atom stereocenters. The molecule has 0 spiro atoms. The van der Waals surface area contributed by atoms with Gasteiger partial charge in [0.05, 0.1) is 16.7 Å². The average Bonchev–Trinajstić information content (AvgIpc) is 2.66. The number of nitrogens with zero attached hydrogens (tertiary/aromatic N) is 3. The monoisotopic (exact) mass is 293 g/mol. The third kappa shape index (κ3) is 2.66. The molecule has 21 heavy (non-hydrogen) atoms. The maximum Gasteiger partial charge on any atom is 0.314 e. The second-order valence-corrected chi connectivity index (χ2v) is 4.27. The van der Waals surface area contributed by atoms with E-state index in [0.29, 0.717) is 5.69 Å². The molecule has 0 saturated carbocycles. The molecule has 0 aliphatic heterocycles. The molecule has 9 heteroatoms. The van der Waals surface area contributed by atoms with Crippen molar-refractivity contribution in [2.24, 2.45) is 12.8 Å². The Balaban J connectivity index is 2.53. The predicted octanol–water partition coefficient (Wildman–Crippen LogP) is 1.85. The molecule has 2 aromatic rings. The molecular formula is C12H12FN5O3. The lowest BCUT2D eigenvalue weighted by molar-refractivity contribution is -0.385. The molecule has 2 rings (SSSR count). The topological polar surface area (TPSA) is 120 Å². The smallest absolute Gasteiger partial charge is 0.314 e. The number of nitrogen functional groups attached to an aromatic ring is 1. The molecule has 1 aromatic carbocycles. The maximum absolute atomic E-state index is 13.1. The number of nitrogens with one attached hydrogen (secondary N) is 1. The average molecular weight is 293 g/mol. The van der Waals surface area contributed by atoms with E-state index in [2.05, 4.69) is 5.10 Å². The molecular weight excluding hydrogens is 281 g/mol. The molecule has 0 fully saturated rings. The maximum atomic E-state index is 13.1. The number of nitro groups is 1. The van der Waals surface area contributed by atoms with Crippen LogP contribution in [0.25, 0.3) is 0 Å². The highest BCUT2D eigenvalue weighted by molar-refractivity contribution is 5.98. The molecule has 1 heterocycles. The van der Waals surface area contributed by atoms with Gasteiger partial charge < -0.3 is 10.5 Å². The Morgan fingerprint density at radius 3 is 2.81 bits per heavy atom. The normalized spacial score (nSPS) is 10.4. The van der Waals surface area contributed by atoms with E-state index in [9.17, 15) is 14.5 Å². The van der Waals surface area contributed by atoms with Gasteiger partial charge in [0.1, 0.15) is 17.2 Å². The zero-order chi connectivity index (χ0) is 15.7. The van der Waals surface area contributed by atoms with Crippen molar-refractivity contribution in [3.8, 4) is 11.6 Å². The highest BCUT2D eigenvalue weighted by Crippen LogP contribution is 2.33. The SMILES string of the molecule is Cc1nn(C)c(Oc2ccc(F)cc2[N+](=O)[O-])c1C(=N)N. The third-order valence-corrected chi connectivity index (χ3v) is 2.76. The molecule has 3 N–H and O–H groups in total. The molecule has 0 radical (unpaired) electrons. The van der Waals surface area contributed by atoms with Gasteiger partial charge in [-0.05, 0) is 19.1 Å². The Kier molecular flexibility index (Phi) is 3.57. The van der Waals surface area contributed by atoms with Crippen LogP contribution in [-0.4, -0.2) is 20.5 Å². The van der Waals surface area contributed by atoms with Crippen molar-refractivity contribution < 1.29 is 14.1 Å². The van der Waals surface area contributed by atoms with Crippen molar-refractivity contribution in [3.05, 3.63) is 45.4 Å². The Bertz CT molecular complexity index is 741. The highest BCUT2D eigenvalue weighted by Gasteiger charge is 2.22. The van der Waals surface area contributed by atoms with Crippen LogP contribution >= 0.6 is 0 Å². The van der Waals surface area contributed by atoms with E-state index in [1.807, 2.05) is 0 Å². The molecule has 0 amide bonds. The molecule has 0 bridgehead atoms. The second-order valence-electron chi connectivity index (χ2n) is 4.27. The van der Waals surface area contributed by atoms with Gasteiger partial charge in [-0.3, -0.25) is 15.5 Å². The molecule has 1 aromatic heterocycles. The summed E-state index contributed by atoms with van der Waals surface area (Å²) in [5.41, 5.74) is 5.62. The first-order chi connectivity index (χ1) is 9.81. The lowest BCUT2D eigenvalue weighted by atomic mass is 10.2. The first kappa shape index (κ1) is 14.4. The van der Waals surface area contributed by atoms with Crippen molar-refractivity contribution in [3.63, 3.8) is 0 Å². The van der Waals surface area contributed by atoms with Crippen molar-refractivity contribution in [1.29, 1.82) is 5.41 Å². The van der Waals surface area contributed by atoms with E-state index >= 15 is 0 Å². The summed E-state index contributed by atoms with van der Waals surface area (Å²) in [6, 6.07) is 2.94. The van der Waals surface area contributed by atoms with Crippen molar-refractivity contribution in [1.82, 2.24) is 9.78 Å². The van der Waals surface area contributed by atoms with Crippen LogP contribution in [0.5, 0.6) is 11.6 Å². The van der Waals surface area contributed by atoms with Crippen LogP contribution in [0.2, 0.25) is 0 Å². The van der Waals surface area contributed by atoms with Crippen molar-refractivity contribution in [2.75, 3.05) is 0 Å². The van der Waals surface area contributed by atoms with Crippen LogP contribution in [0, 0.1) is 28.3 Å². The number of nitrogens with two attached hydrogens (primary N) is 1. The zero-order valence-electron chi connectivity index (χ0n) is 11.3. The summed E-state index contributed by atoms with van der Waals surface area (Å²) in [5.74, 6) is -1.11. The minimum atomic E-state index is -0.755. The third-order valence-electron chi connectivity index (χ3n) is 2.76. The Morgan fingerprint density at radius 2 is 2.24 bits per heavy atom. The minimum Gasteiger partial charge on any atom is -0.431 e. The fourth-order valence-corrected chi connectivity index (χ4v) is 1.89. The Hall–Kier alpha value is -2.97. The second kappa shape index (κ2) is 5.19. The number of ether oxygens (including phenoxy) is 1. The van der Waals surface area contributed by atoms with E-state index in [0.717, 1.165) is 18.2 Å². The quantitative estimate of drug-likeness (QED) is 0.386. The van der Waals surface area contributed by atoms with E-state index in [4.69, 9.17) is 15.9 Å². The van der Waals surface area contributed by atoms with Crippen LogP contribution < -0.4 is 10.5 Å². The van der Waals surface area contributed by atoms with Crippen LogP contribution in [0.4, 0.5) is 10.1 Å². The molecule has 0 unspecified atom stereocenters. The number of amidine groups is 1. The van der Waals surface area contributed by atoms with Gasteiger partial charge >= 0.3 is 5.69 Å². The van der Waals surface area contributed by atoms with Gasteiger partial charge in [-0.1, -0.05) is 0 Å². The molecule has 110 valence electrons. The van der Waals surface area contributed by atoms with Crippen LogP contribution in [0.1, 0.15) is 11.3 Å². The number of nitro benzene ring substituents is 1. The number of aryl methyl sites for hydroxylation is 2. The number of halogens is 1. The first-order valence-corrected chi connectivity index (χ1v) is 5.81. The number of benzene rings is 1. The lowest BCUT2D eigenvalue weighted by Crippen LogP contribution is -2.13. The van der Waals surface area contributed by atoms with Crippen LogP contribution in [0.3, 0.4) is 0 Å². The molecule has 0 aliphatic carbocycles. The summed E-state index contributed by atoms with van der Waals surface area (Å²) in [6.07, 6.45) is 0. The molecule has 0 aliphatic rings. The van der Waals surface area contributed by atoms with Gasteiger partial charge in [-0.25, -0.2) is 9.07 Å². The fraction of sp³-hybridized carbons (Fsp3) is 0.167. The minimum absolute atomic E-state index is 0.0784. The number of hydrogen-bond donors (Lipinski definition) is 2. The summed E-state index contributed by atoms with van der Waals surface area (Å²) < 4.78 is 19.9. The summed E-state index contributed by atoms with van der Waals surface area (Å²) in [6.45, 7) is 1.63. The van der Waals surface area contributed by atoms with E-state index in [1.54, 1.807) is 14.0 Å². The number of hydrogen-bond acceptors (Lipinski definition) is 5. The largest absolute Gasteiger partial charge is 0.431 e. The van der Waals surface area contributed by atoms with E-state index < -0.39 is 16.4 Å². The van der Waals surface area contributed by atoms with E-state index in [1.165, 1.54) is 4.68 Å².